The molecule has 8 nitrogen and oxygen atoms in total. The summed E-state index contributed by atoms with van der Waals surface area (Å²) in [5, 5.41) is 10.4. The molecule has 0 fully saturated rings. The number of nitrogens with zero attached hydrogens (tertiary/aromatic N) is 2. The zero-order chi connectivity index (χ0) is 20.2. The van der Waals surface area contributed by atoms with Crippen LogP contribution in [0.2, 0.25) is 0 Å². The van der Waals surface area contributed by atoms with Gasteiger partial charge in [0, 0.05) is 22.2 Å². The van der Waals surface area contributed by atoms with Crippen molar-refractivity contribution in [1.29, 1.82) is 0 Å². The van der Waals surface area contributed by atoms with Gasteiger partial charge < -0.3 is 9.84 Å². The lowest BCUT2D eigenvalue weighted by Gasteiger charge is -2.10. The summed E-state index contributed by atoms with van der Waals surface area (Å²) in [6.07, 6.45) is 0. The maximum atomic E-state index is 12.9. The molecule has 4 aromatic rings. The normalized spacial score (nSPS) is 10.8. The van der Waals surface area contributed by atoms with Gasteiger partial charge >= 0.3 is 5.76 Å². The summed E-state index contributed by atoms with van der Waals surface area (Å²) in [4.78, 5) is 27.3. The Labute approximate surface area is 169 Å². The van der Waals surface area contributed by atoms with E-state index in [2.05, 4.69) is 25.1 Å². The highest BCUT2D eigenvalue weighted by Gasteiger charge is 2.14. The third kappa shape index (κ3) is 4.46. The van der Waals surface area contributed by atoms with Gasteiger partial charge in [-0.3, -0.25) is 14.3 Å². The van der Waals surface area contributed by atoms with E-state index in [0.29, 0.717) is 28.4 Å². The summed E-state index contributed by atoms with van der Waals surface area (Å²) in [6.45, 7) is 1.86. The first kappa shape index (κ1) is 18.8. The van der Waals surface area contributed by atoms with Crippen LogP contribution in [-0.4, -0.2) is 21.2 Å². The molecule has 0 aliphatic rings. The number of thioether (sulfide) groups is 1. The summed E-state index contributed by atoms with van der Waals surface area (Å²) in [5.41, 5.74) is 2.56. The number of nitrogens with one attached hydrogen (secondary N) is 2. The molecule has 4 rings (SSSR count). The number of carbonyl (C=O) groups is 1. The van der Waals surface area contributed by atoms with Crippen LogP contribution in [0.4, 0.5) is 5.69 Å². The maximum absolute atomic E-state index is 12.9. The molecule has 1 amide bonds. The molecule has 0 radical (unpaired) electrons. The summed E-state index contributed by atoms with van der Waals surface area (Å²) in [5.74, 6) is 0.733. The van der Waals surface area contributed by atoms with Gasteiger partial charge in [0.2, 0.25) is 0 Å². The Hall–Kier alpha value is -3.59. The molecule has 2 aromatic carbocycles. The second-order valence-corrected chi connectivity index (χ2v) is 7.22. The minimum absolute atomic E-state index is 0.243. The van der Waals surface area contributed by atoms with E-state index in [1.165, 1.54) is 11.8 Å². The highest BCUT2D eigenvalue weighted by Crippen LogP contribution is 2.27. The first-order valence-electron chi connectivity index (χ1n) is 8.70. The summed E-state index contributed by atoms with van der Waals surface area (Å²) in [7, 11) is 0. The third-order valence-corrected chi connectivity index (χ3v) is 5.11. The molecule has 0 bridgehead atoms. The first-order chi connectivity index (χ1) is 14.1. The molecule has 0 saturated carbocycles. The van der Waals surface area contributed by atoms with E-state index in [4.69, 9.17) is 4.52 Å². The third-order valence-electron chi connectivity index (χ3n) is 4.01. The lowest BCUT2D eigenvalue weighted by molar-refractivity contribution is 0.102. The largest absolute Gasteiger partial charge is 0.439 e. The van der Waals surface area contributed by atoms with Gasteiger partial charge in [-0.25, -0.2) is 4.79 Å². The van der Waals surface area contributed by atoms with Gasteiger partial charge in [0.1, 0.15) is 5.76 Å². The number of aromatic amines is 1. The Morgan fingerprint density at radius 3 is 2.72 bits per heavy atom. The Kier molecular flexibility index (Phi) is 5.30. The molecular formula is C20H16N4O4S. The highest BCUT2D eigenvalue weighted by atomic mass is 32.2. The van der Waals surface area contributed by atoms with Gasteiger partial charge in [0.15, 0.2) is 5.82 Å². The number of hydrogen-bond acceptors (Lipinski definition) is 7. The minimum Gasteiger partial charge on any atom is -0.360 e. The number of aryl methyl sites for hydroxylation is 1. The number of benzene rings is 2. The van der Waals surface area contributed by atoms with Crippen LogP contribution in [0.15, 0.2) is 73.3 Å². The van der Waals surface area contributed by atoms with E-state index in [1.54, 1.807) is 30.3 Å². The molecular weight excluding hydrogens is 392 g/mol. The second-order valence-electron chi connectivity index (χ2n) is 6.20. The maximum Gasteiger partial charge on any atom is 0.439 e. The number of hydrogen-bond donors (Lipinski definition) is 2. The average molecular weight is 408 g/mol. The fourth-order valence-corrected chi connectivity index (χ4v) is 3.64. The van der Waals surface area contributed by atoms with Gasteiger partial charge in [0.25, 0.3) is 5.91 Å². The lowest BCUT2D eigenvalue weighted by Crippen LogP contribution is -2.13. The average Bonchev–Trinajstić information content (AvgIpc) is 3.35. The van der Waals surface area contributed by atoms with Gasteiger partial charge in [-0.2, -0.15) is 0 Å². The van der Waals surface area contributed by atoms with Crippen LogP contribution in [0.1, 0.15) is 21.8 Å². The van der Waals surface area contributed by atoms with Gasteiger partial charge in [-0.1, -0.05) is 34.6 Å². The quantitative estimate of drug-likeness (QED) is 0.466. The van der Waals surface area contributed by atoms with E-state index in [0.717, 1.165) is 16.3 Å². The molecule has 0 aliphatic heterocycles. The number of H-pyrrole nitrogens is 1. The second kappa shape index (κ2) is 8.19. The fraction of sp³-hybridized carbons (Fsp3) is 0.100. The smallest absolute Gasteiger partial charge is 0.360 e. The standard InChI is InChI=1S/C20H16N4O4S/c1-12-9-15(27-23-12)11-29-17-8-3-2-7-16(17)19(25)21-14-6-4-5-13(10-14)18-22-20(26)28-24-18/h2-10H,11H2,1H3,(H,21,25)(H,22,24,26). The molecule has 2 aromatic heterocycles. The number of aromatic nitrogens is 3. The Bertz CT molecular complexity index is 1210. The number of anilines is 1. The van der Waals surface area contributed by atoms with Crippen molar-refractivity contribution in [3.05, 3.63) is 82.2 Å². The molecule has 146 valence electrons. The van der Waals surface area contributed by atoms with Crippen LogP contribution in [-0.2, 0) is 5.75 Å². The van der Waals surface area contributed by atoms with Crippen molar-refractivity contribution in [2.75, 3.05) is 5.32 Å². The predicted molar refractivity (Wildman–Crippen MR) is 108 cm³/mol. The molecule has 2 heterocycles. The van der Waals surface area contributed by atoms with Crippen molar-refractivity contribution >= 4 is 23.4 Å². The van der Waals surface area contributed by atoms with E-state index in [9.17, 15) is 9.59 Å². The van der Waals surface area contributed by atoms with Crippen molar-refractivity contribution in [1.82, 2.24) is 15.3 Å². The predicted octanol–water partition coefficient (Wildman–Crippen LogP) is 3.87. The van der Waals surface area contributed by atoms with E-state index in [1.807, 2.05) is 31.2 Å². The van der Waals surface area contributed by atoms with Crippen LogP contribution in [0, 0.1) is 6.92 Å². The monoisotopic (exact) mass is 408 g/mol. The molecule has 0 saturated heterocycles. The Balaban J connectivity index is 1.51. The molecule has 0 unspecified atom stereocenters. The van der Waals surface area contributed by atoms with Crippen LogP contribution in [0.5, 0.6) is 0 Å². The van der Waals surface area contributed by atoms with Crippen LogP contribution >= 0.6 is 11.8 Å². The van der Waals surface area contributed by atoms with Gasteiger partial charge in [0.05, 0.1) is 17.0 Å². The van der Waals surface area contributed by atoms with Gasteiger partial charge in [-0.15, -0.1) is 11.8 Å². The van der Waals surface area contributed by atoms with Crippen LogP contribution < -0.4 is 11.1 Å². The summed E-state index contributed by atoms with van der Waals surface area (Å²) in [6, 6.07) is 16.2. The van der Waals surface area contributed by atoms with E-state index < -0.39 is 5.76 Å². The highest BCUT2D eigenvalue weighted by molar-refractivity contribution is 7.98. The van der Waals surface area contributed by atoms with Crippen LogP contribution in [0.25, 0.3) is 11.4 Å². The Morgan fingerprint density at radius 1 is 1.10 bits per heavy atom. The minimum atomic E-state index is -0.637. The number of rotatable bonds is 6. The van der Waals surface area contributed by atoms with Crippen molar-refractivity contribution < 1.29 is 13.8 Å². The summed E-state index contributed by atoms with van der Waals surface area (Å²) < 4.78 is 9.76. The van der Waals surface area contributed by atoms with Crippen LogP contribution in [0.3, 0.4) is 0 Å². The van der Waals surface area contributed by atoms with Crippen molar-refractivity contribution in [3.8, 4) is 11.4 Å². The van der Waals surface area contributed by atoms with Gasteiger partial charge in [-0.05, 0) is 31.2 Å². The molecule has 9 heteroatoms. The van der Waals surface area contributed by atoms with E-state index in [-0.39, 0.29) is 5.91 Å². The molecule has 0 atom stereocenters. The number of amides is 1. The van der Waals surface area contributed by atoms with Crippen molar-refractivity contribution in [2.45, 2.75) is 17.6 Å². The SMILES string of the molecule is Cc1cc(CSc2ccccc2C(=O)Nc2cccc(-c3noc(=O)[nH]3)c2)on1. The topological polar surface area (TPSA) is 114 Å². The fourth-order valence-electron chi connectivity index (χ4n) is 2.71. The number of carbonyl (C=O) groups excluding carboxylic acids is 1. The molecule has 2 N–H and O–H groups in total. The Morgan fingerprint density at radius 2 is 1.97 bits per heavy atom. The first-order valence-corrected chi connectivity index (χ1v) is 9.69. The summed E-state index contributed by atoms with van der Waals surface area (Å²) >= 11 is 1.50. The van der Waals surface area contributed by atoms with Crippen molar-refractivity contribution in [2.24, 2.45) is 0 Å². The zero-order valence-corrected chi connectivity index (χ0v) is 16.2. The molecule has 0 aliphatic carbocycles. The van der Waals surface area contributed by atoms with E-state index >= 15 is 0 Å². The zero-order valence-electron chi connectivity index (χ0n) is 15.3. The van der Waals surface area contributed by atoms with Crippen molar-refractivity contribution in [3.63, 3.8) is 0 Å². The lowest BCUT2D eigenvalue weighted by atomic mass is 10.1. The molecule has 29 heavy (non-hydrogen) atoms. The molecule has 0 spiro atoms.